The molecule has 0 aromatic carbocycles. The Labute approximate surface area is 128 Å². The van der Waals surface area contributed by atoms with E-state index in [9.17, 15) is 9.59 Å². The predicted octanol–water partition coefficient (Wildman–Crippen LogP) is 1.83. The highest BCUT2D eigenvalue weighted by molar-refractivity contribution is 7.10. The van der Waals surface area contributed by atoms with E-state index in [-0.39, 0.29) is 17.9 Å². The van der Waals surface area contributed by atoms with Crippen LogP contribution in [0.1, 0.15) is 47.3 Å². The Bertz CT molecular complexity index is 557. The summed E-state index contributed by atoms with van der Waals surface area (Å²) in [5, 5.41) is 8.07. The van der Waals surface area contributed by atoms with E-state index in [1.807, 2.05) is 11.4 Å². The lowest BCUT2D eigenvalue weighted by molar-refractivity contribution is -0.119. The van der Waals surface area contributed by atoms with Gasteiger partial charge < -0.3 is 15.4 Å². The van der Waals surface area contributed by atoms with Crippen LogP contribution < -0.4 is 10.6 Å². The Morgan fingerprint density at radius 3 is 3.24 bits per heavy atom. The van der Waals surface area contributed by atoms with Crippen LogP contribution >= 0.6 is 11.3 Å². The average Bonchev–Trinajstić information content (AvgIpc) is 3.02. The van der Waals surface area contributed by atoms with Crippen molar-refractivity contribution in [3.05, 3.63) is 21.9 Å². The Morgan fingerprint density at radius 2 is 2.43 bits per heavy atom. The molecule has 21 heavy (non-hydrogen) atoms. The van der Waals surface area contributed by atoms with Gasteiger partial charge >= 0.3 is 0 Å². The first-order valence-corrected chi connectivity index (χ1v) is 8.20. The van der Waals surface area contributed by atoms with Crippen LogP contribution in [0.5, 0.6) is 0 Å². The second kappa shape index (κ2) is 5.77. The van der Waals surface area contributed by atoms with Crippen LogP contribution in [0.25, 0.3) is 0 Å². The van der Waals surface area contributed by atoms with Crippen molar-refractivity contribution in [3.8, 4) is 0 Å². The summed E-state index contributed by atoms with van der Waals surface area (Å²) in [5.74, 6) is -0.0451. The minimum absolute atomic E-state index is 0.0460. The van der Waals surface area contributed by atoms with Crippen molar-refractivity contribution >= 4 is 23.2 Å². The molecule has 1 saturated heterocycles. The third-order valence-corrected chi connectivity index (χ3v) is 5.37. The molecule has 1 aromatic rings. The summed E-state index contributed by atoms with van der Waals surface area (Å²) >= 11 is 1.52. The fraction of sp³-hybridized carbons (Fsp3) is 0.600. The van der Waals surface area contributed by atoms with Crippen LogP contribution in [0.15, 0.2) is 11.4 Å². The smallest absolute Gasteiger partial charge is 0.253 e. The zero-order valence-corrected chi connectivity index (χ0v) is 12.9. The van der Waals surface area contributed by atoms with E-state index in [0.717, 1.165) is 30.6 Å². The fourth-order valence-corrected chi connectivity index (χ4v) is 4.31. The number of carbonyl (C=O) groups is 2. The van der Waals surface area contributed by atoms with Gasteiger partial charge in [0, 0.05) is 12.0 Å². The van der Waals surface area contributed by atoms with Gasteiger partial charge in [-0.3, -0.25) is 9.59 Å². The summed E-state index contributed by atoms with van der Waals surface area (Å²) in [5.41, 5.74) is 0.262. The average molecular weight is 308 g/mol. The van der Waals surface area contributed by atoms with Crippen LogP contribution in [0.3, 0.4) is 0 Å². The molecule has 0 unspecified atom stereocenters. The fourth-order valence-electron chi connectivity index (χ4n) is 3.47. The van der Waals surface area contributed by atoms with Crippen LogP contribution in [0.4, 0.5) is 0 Å². The predicted molar refractivity (Wildman–Crippen MR) is 80.2 cm³/mol. The van der Waals surface area contributed by atoms with Gasteiger partial charge in [0.1, 0.15) is 0 Å². The topological polar surface area (TPSA) is 67.4 Å². The Morgan fingerprint density at radius 1 is 1.57 bits per heavy atom. The van der Waals surface area contributed by atoms with E-state index in [1.54, 1.807) is 7.11 Å². The summed E-state index contributed by atoms with van der Waals surface area (Å²) in [7, 11) is 1.62. The van der Waals surface area contributed by atoms with Crippen LogP contribution in [0.2, 0.25) is 0 Å². The molecular weight excluding hydrogens is 288 g/mol. The maximum atomic E-state index is 12.6. The van der Waals surface area contributed by atoms with Gasteiger partial charge in [0.05, 0.1) is 30.2 Å². The zero-order chi connectivity index (χ0) is 14.9. The highest BCUT2D eigenvalue weighted by atomic mass is 32.1. The molecule has 114 valence electrons. The number of fused-ring (bicyclic) bond motifs is 1. The lowest BCUT2D eigenvalue weighted by Gasteiger charge is -2.38. The molecule has 2 fully saturated rings. The highest BCUT2D eigenvalue weighted by Crippen LogP contribution is 2.36. The van der Waals surface area contributed by atoms with Crippen molar-refractivity contribution < 1.29 is 14.3 Å². The Kier molecular flexibility index (Phi) is 3.99. The van der Waals surface area contributed by atoms with Gasteiger partial charge in [0.15, 0.2) is 0 Å². The lowest BCUT2D eigenvalue weighted by Crippen LogP contribution is -2.57. The first kappa shape index (κ1) is 14.5. The zero-order valence-electron chi connectivity index (χ0n) is 12.1. The first-order chi connectivity index (χ1) is 10.1. The van der Waals surface area contributed by atoms with Crippen molar-refractivity contribution in [1.29, 1.82) is 0 Å². The Hall–Kier alpha value is -1.40. The highest BCUT2D eigenvalue weighted by Gasteiger charge is 2.49. The summed E-state index contributed by atoms with van der Waals surface area (Å²) in [6.07, 6.45) is 4.37. The minimum atomic E-state index is -0.404. The molecule has 2 atom stereocenters. The standard InChI is InChI=1S/C15H20N2O3S/c1-20-9-11-10(5-7-21-11)14(19)17-15-6-3-2-4-12(15)16-13(18)8-15/h5,7,12H,2-4,6,8-9H2,1H3,(H,16,18)(H,17,19)/t12-,15+/m0/s1. The largest absolute Gasteiger partial charge is 0.379 e. The van der Waals surface area contributed by atoms with E-state index in [2.05, 4.69) is 10.6 Å². The van der Waals surface area contributed by atoms with Crippen molar-refractivity contribution in [1.82, 2.24) is 10.6 Å². The second-order valence-corrected chi connectivity index (χ2v) is 6.84. The quantitative estimate of drug-likeness (QED) is 0.891. The second-order valence-electron chi connectivity index (χ2n) is 5.84. The first-order valence-electron chi connectivity index (χ1n) is 7.32. The molecule has 1 aliphatic carbocycles. The van der Waals surface area contributed by atoms with E-state index in [0.29, 0.717) is 18.6 Å². The minimum Gasteiger partial charge on any atom is -0.379 e. The maximum absolute atomic E-state index is 12.6. The number of thiophene rings is 1. The third kappa shape index (κ3) is 2.70. The number of amides is 2. The number of hydrogen-bond acceptors (Lipinski definition) is 4. The van der Waals surface area contributed by atoms with Crippen LogP contribution in [-0.2, 0) is 16.1 Å². The monoisotopic (exact) mass is 308 g/mol. The molecule has 2 amide bonds. The van der Waals surface area contributed by atoms with Gasteiger partial charge in [-0.05, 0) is 24.3 Å². The molecule has 1 aromatic heterocycles. The van der Waals surface area contributed by atoms with Crippen LogP contribution in [-0.4, -0.2) is 30.5 Å². The number of hydrogen-bond donors (Lipinski definition) is 2. The van der Waals surface area contributed by atoms with Crippen LogP contribution in [0, 0.1) is 0 Å². The molecule has 1 aliphatic heterocycles. The molecule has 0 bridgehead atoms. The molecule has 0 radical (unpaired) electrons. The number of methoxy groups -OCH3 is 1. The van der Waals surface area contributed by atoms with Crippen molar-refractivity contribution in [2.75, 3.05) is 7.11 Å². The van der Waals surface area contributed by atoms with E-state index in [1.165, 1.54) is 11.3 Å². The van der Waals surface area contributed by atoms with Crippen molar-refractivity contribution in [2.24, 2.45) is 0 Å². The molecule has 2 aliphatic rings. The van der Waals surface area contributed by atoms with E-state index in [4.69, 9.17) is 4.74 Å². The SMILES string of the molecule is COCc1sccc1C(=O)N[C@@]12CCCC[C@@H]1NC(=O)C2. The molecule has 0 spiro atoms. The van der Waals surface area contributed by atoms with Gasteiger partial charge in [0.2, 0.25) is 5.91 Å². The summed E-state index contributed by atoms with van der Waals surface area (Å²) in [4.78, 5) is 25.3. The molecule has 2 heterocycles. The number of ether oxygens (including phenoxy) is 1. The number of nitrogens with one attached hydrogen (secondary N) is 2. The molecular formula is C15H20N2O3S. The molecule has 5 nitrogen and oxygen atoms in total. The molecule has 1 saturated carbocycles. The number of carbonyl (C=O) groups excluding carboxylic acids is 2. The van der Waals surface area contributed by atoms with Gasteiger partial charge in [-0.2, -0.15) is 0 Å². The lowest BCUT2D eigenvalue weighted by atomic mass is 9.77. The molecule has 6 heteroatoms. The normalized spacial score (nSPS) is 28.0. The van der Waals surface area contributed by atoms with Crippen molar-refractivity contribution in [2.45, 2.75) is 50.3 Å². The third-order valence-electron chi connectivity index (χ3n) is 4.47. The number of rotatable bonds is 4. The molecule has 2 N–H and O–H groups in total. The van der Waals surface area contributed by atoms with Crippen molar-refractivity contribution in [3.63, 3.8) is 0 Å². The maximum Gasteiger partial charge on any atom is 0.253 e. The van der Waals surface area contributed by atoms with Gasteiger partial charge in [0.25, 0.3) is 5.91 Å². The van der Waals surface area contributed by atoms with E-state index < -0.39 is 5.54 Å². The van der Waals surface area contributed by atoms with E-state index >= 15 is 0 Å². The molecule has 3 rings (SSSR count). The van der Waals surface area contributed by atoms with Gasteiger partial charge in [-0.1, -0.05) is 12.8 Å². The Balaban J connectivity index is 1.79. The summed E-state index contributed by atoms with van der Waals surface area (Å²) in [6.45, 7) is 0.439. The summed E-state index contributed by atoms with van der Waals surface area (Å²) in [6, 6.07) is 1.90. The van der Waals surface area contributed by atoms with Gasteiger partial charge in [-0.25, -0.2) is 0 Å². The summed E-state index contributed by atoms with van der Waals surface area (Å²) < 4.78 is 5.13. The van der Waals surface area contributed by atoms with Gasteiger partial charge in [-0.15, -0.1) is 11.3 Å².